The zero-order valence-corrected chi connectivity index (χ0v) is 2.13. The summed E-state index contributed by atoms with van der Waals surface area (Å²) in [5.74, 6) is 0. The van der Waals surface area contributed by atoms with Gasteiger partial charge in [0.1, 0.15) is 0 Å². The van der Waals surface area contributed by atoms with E-state index in [0.717, 1.165) is 0 Å². The van der Waals surface area contributed by atoms with Gasteiger partial charge in [-0.15, -0.1) is 4.55 Å². The van der Waals surface area contributed by atoms with E-state index in [-0.39, 0.29) is 29.6 Å². The zero-order chi connectivity index (χ0) is 2.12. The molecular formula is H2NNaOS. The predicted molar refractivity (Wildman–Crippen MR) is 18.1 cm³/mol. The first kappa shape index (κ1) is 4.82. The molecule has 4 heavy (non-hydrogen) atoms. The second kappa shape index (κ2) is 2.08. The molecule has 20 valence electrons. The molecule has 0 fully saturated rings. The molecule has 0 saturated carbocycles. The normalized spacial score (nSPS) is 6.00. The Labute approximate surface area is 49.8 Å². The van der Waals surface area contributed by atoms with E-state index in [9.17, 15) is 0 Å². The maximum Gasteiger partial charge on any atom is 0.188 e. The van der Waals surface area contributed by atoms with Crippen molar-refractivity contribution in [3.05, 3.63) is 0 Å². The number of aromatic amines is 1. The fraction of sp³-hybridized carbons (Fsp3) is 0. The monoisotopic (exact) mass is 87.0 g/mol. The van der Waals surface area contributed by atoms with E-state index in [1.54, 1.807) is 0 Å². The Bertz CT molecular complexity index is 36.1. The van der Waals surface area contributed by atoms with Gasteiger partial charge in [-0.3, -0.25) is 3.96 Å². The average Bonchev–Trinajstić information content (AvgIpc) is 1.46. The molecule has 0 radical (unpaired) electrons. The quantitative estimate of drug-likeness (QED) is 0.444. The van der Waals surface area contributed by atoms with Gasteiger partial charge in [-0.1, -0.05) is 0 Å². The van der Waals surface area contributed by atoms with Crippen LogP contribution in [-0.4, -0.2) is 34.1 Å². The van der Waals surface area contributed by atoms with Gasteiger partial charge in [-0.25, -0.2) is 0 Å². The molecule has 1 aromatic rings. The summed E-state index contributed by atoms with van der Waals surface area (Å²) in [7, 11) is 0. The van der Waals surface area contributed by atoms with Crippen LogP contribution < -0.4 is 0 Å². The largest absolute Gasteiger partial charge is 0.289 e. The molecule has 1 N–H and O–H groups in total. The molecule has 0 amide bonds. The molecule has 0 aliphatic rings. The van der Waals surface area contributed by atoms with Gasteiger partial charge in [-0.05, 0) is 0 Å². The minimum absolute atomic E-state index is 0. The molecular weight excluding hydrogens is 85.1 g/mol. The molecule has 0 aromatic carbocycles. The predicted octanol–water partition coefficient (Wildman–Crippen LogP) is 0.0207. The first-order valence-corrected chi connectivity index (χ1v) is 1.32. The van der Waals surface area contributed by atoms with Crippen LogP contribution in [0.15, 0.2) is 3.96 Å². The maximum atomic E-state index is 4.17. The first-order valence-electron chi connectivity index (χ1n) is 0.575. The molecule has 0 bridgehead atoms. The minimum atomic E-state index is 0. The van der Waals surface area contributed by atoms with Gasteiger partial charge in [0.05, 0.1) is 0 Å². The fourth-order valence-electron chi connectivity index (χ4n) is 0. The van der Waals surface area contributed by atoms with Crippen LogP contribution in [0, 0.1) is 0 Å². The van der Waals surface area contributed by atoms with E-state index in [2.05, 4.69) is 8.50 Å². The van der Waals surface area contributed by atoms with Gasteiger partial charge in [-0.2, -0.15) is 0 Å². The Kier molecular flexibility index (Phi) is 2.51. The van der Waals surface area contributed by atoms with Crippen molar-refractivity contribution < 1.29 is 3.96 Å². The van der Waals surface area contributed by atoms with Crippen LogP contribution in [0.2, 0.25) is 0 Å². The Morgan fingerprint density at radius 2 is 2.00 bits per heavy atom. The van der Waals surface area contributed by atoms with E-state index in [0.29, 0.717) is 0 Å². The van der Waals surface area contributed by atoms with Crippen molar-refractivity contribution in [3.8, 4) is 0 Å². The number of hydrogen-bond donors (Lipinski definition) is 1. The number of aromatic nitrogens is 1. The molecule has 2 nitrogen and oxygen atoms in total. The molecule has 0 aliphatic heterocycles. The summed E-state index contributed by atoms with van der Waals surface area (Å²) in [5, 5.41) is 0. The average molecular weight is 87.1 g/mol. The minimum Gasteiger partial charge on any atom is -0.289 e. The molecule has 1 heterocycles. The second-order valence-corrected chi connectivity index (χ2v) is 0.750. The Morgan fingerprint density at radius 3 is 2.00 bits per heavy atom. The van der Waals surface area contributed by atoms with Gasteiger partial charge >= 0.3 is 29.6 Å². The number of hydrogen-bond acceptors (Lipinski definition) is 2. The summed E-state index contributed by atoms with van der Waals surface area (Å²) in [5.41, 5.74) is 0. The summed E-state index contributed by atoms with van der Waals surface area (Å²) in [6.45, 7) is 0. The molecule has 1 aromatic heterocycles. The number of nitrogens with one attached hydrogen (secondary N) is 1. The van der Waals surface area contributed by atoms with Crippen LogP contribution in [0.4, 0.5) is 0 Å². The van der Waals surface area contributed by atoms with E-state index in [1.165, 1.54) is 11.8 Å². The summed E-state index contributed by atoms with van der Waals surface area (Å²) >= 11 is 1.25. The van der Waals surface area contributed by atoms with Crippen molar-refractivity contribution in [1.82, 2.24) is 4.55 Å². The maximum absolute atomic E-state index is 4.17. The van der Waals surface area contributed by atoms with Crippen molar-refractivity contribution in [2.75, 3.05) is 0 Å². The van der Waals surface area contributed by atoms with Crippen molar-refractivity contribution in [2.45, 2.75) is 0 Å². The third-order valence-corrected chi connectivity index (χ3v) is 0.250. The zero-order valence-electron chi connectivity index (χ0n) is 1.32. The summed E-state index contributed by atoms with van der Waals surface area (Å²) in [6.07, 6.45) is 0. The van der Waals surface area contributed by atoms with Crippen LogP contribution in [-0.2, 0) is 0 Å². The van der Waals surface area contributed by atoms with Gasteiger partial charge in [0.25, 0.3) is 0 Å². The van der Waals surface area contributed by atoms with Gasteiger partial charge in [0, 0.05) is 0 Å². The van der Waals surface area contributed by atoms with Crippen molar-refractivity contribution >= 4 is 41.4 Å². The molecule has 0 spiro atoms. The van der Waals surface area contributed by atoms with E-state index >= 15 is 0 Å². The second-order valence-electron chi connectivity index (χ2n) is 0.250. The number of H-pyrrole nitrogens is 1. The van der Waals surface area contributed by atoms with E-state index in [1.807, 2.05) is 0 Å². The Balaban J connectivity index is 0.0000000900. The van der Waals surface area contributed by atoms with E-state index in [4.69, 9.17) is 0 Å². The van der Waals surface area contributed by atoms with Gasteiger partial charge in [0.15, 0.2) is 11.8 Å². The third-order valence-electron chi connectivity index (χ3n) is 0.0833. The van der Waals surface area contributed by atoms with Crippen molar-refractivity contribution in [2.24, 2.45) is 0 Å². The molecule has 1 rings (SSSR count). The molecule has 0 saturated heterocycles. The SMILES string of the molecule is [NaH].[nH]1os1. The molecule has 4 heteroatoms. The summed E-state index contributed by atoms with van der Waals surface area (Å²) < 4.78 is 6.58. The van der Waals surface area contributed by atoms with Gasteiger partial charge < -0.3 is 0 Å². The summed E-state index contributed by atoms with van der Waals surface area (Å²) in [6, 6.07) is 0. The van der Waals surface area contributed by atoms with Crippen molar-refractivity contribution in [3.63, 3.8) is 0 Å². The Morgan fingerprint density at radius 1 is 1.75 bits per heavy atom. The third kappa shape index (κ3) is 2.82. The van der Waals surface area contributed by atoms with Crippen LogP contribution in [0.1, 0.15) is 0 Å². The summed E-state index contributed by atoms with van der Waals surface area (Å²) in [4.78, 5) is 0. The van der Waals surface area contributed by atoms with Crippen molar-refractivity contribution in [1.29, 1.82) is 0 Å². The molecule has 0 aliphatic carbocycles. The van der Waals surface area contributed by atoms with Crippen LogP contribution in [0.5, 0.6) is 0 Å². The van der Waals surface area contributed by atoms with E-state index < -0.39 is 0 Å². The smallest absolute Gasteiger partial charge is 0.188 e. The van der Waals surface area contributed by atoms with Crippen LogP contribution >= 0.6 is 11.8 Å². The standard InChI is InChI=1S/HNOS.Na.H/c1-2-3-1;;/h1H;;. The number of rotatable bonds is 0. The Hall–Kier alpha value is 0.820. The molecule has 0 atom stereocenters. The van der Waals surface area contributed by atoms with Crippen LogP contribution in [0.25, 0.3) is 0 Å². The van der Waals surface area contributed by atoms with Crippen LogP contribution in [0.3, 0.4) is 0 Å². The van der Waals surface area contributed by atoms with Gasteiger partial charge in [0.2, 0.25) is 0 Å². The first-order chi connectivity index (χ1) is 1.50. The topological polar surface area (TPSA) is 28.9 Å². The fourth-order valence-corrected chi connectivity index (χ4v) is 0. The molecule has 0 unspecified atom stereocenters.